The Morgan fingerprint density at radius 1 is 0.583 bits per heavy atom. The van der Waals surface area contributed by atoms with Crippen molar-refractivity contribution in [2.45, 2.75) is 27.1 Å². The molecular formula is C30H26O4S2. The highest BCUT2D eigenvalue weighted by molar-refractivity contribution is 7.25. The van der Waals surface area contributed by atoms with E-state index in [1.165, 1.54) is 19.5 Å². The minimum atomic E-state index is -0.377. The van der Waals surface area contributed by atoms with Crippen LogP contribution in [0.2, 0.25) is 0 Å². The number of carbonyl (C=O) groups excluding carboxylic acids is 2. The molecule has 2 heterocycles. The fraction of sp³-hybridized carbons (Fsp3) is 0.133. The summed E-state index contributed by atoms with van der Waals surface area (Å²) in [5, 5.41) is 0. The van der Waals surface area contributed by atoms with E-state index in [0.29, 0.717) is 11.1 Å². The second kappa shape index (κ2) is 11.3. The van der Waals surface area contributed by atoms with Crippen LogP contribution in [0.25, 0.3) is 30.6 Å². The first-order chi connectivity index (χ1) is 17.3. The molecule has 0 unspecified atom stereocenters. The van der Waals surface area contributed by atoms with E-state index < -0.39 is 0 Å². The molecule has 0 radical (unpaired) electrons. The van der Waals surface area contributed by atoms with Gasteiger partial charge in [-0.2, -0.15) is 0 Å². The molecule has 182 valence electrons. The molecule has 0 amide bonds. The van der Waals surface area contributed by atoms with Crippen molar-refractivity contribution in [3.05, 3.63) is 108 Å². The predicted molar refractivity (Wildman–Crippen MR) is 148 cm³/mol. The van der Waals surface area contributed by atoms with Crippen molar-refractivity contribution in [2.24, 2.45) is 0 Å². The number of thiophene rings is 2. The van der Waals surface area contributed by atoms with Crippen LogP contribution in [0, 0.1) is 0 Å². The van der Waals surface area contributed by atoms with Crippen LogP contribution < -0.4 is 0 Å². The predicted octanol–water partition coefficient (Wildman–Crippen LogP) is 8.05. The molecule has 4 aromatic rings. The second-order valence-corrected chi connectivity index (χ2v) is 10.6. The molecule has 0 saturated carbocycles. The van der Waals surface area contributed by atoms with Gasteiger partial charge in [0.2, 0.25) is 0 Å². The molecule has 0 aliphatic rings. The molecule has 2 aromatic heterocycles. The Hall–Kier alpha value is -3.74. The molecule has 36 heavy (non-hydrogen) atoms. The molecule has 6 heteroatoms. The van der Waals surface area contributed by atoms with Gasteiger partial charge < -0.3 is 9.47 Å². The van der Waals surface area contributed by atoms with Gasteiger partial charge in [0.1, 0.15) is 13.2 Å². The SMILES string of the molecule is C=C(C)C(=O)OCc1ccc(-c2ccc(-c3ccc(-c4ccc(COC(=O)C(=C)C)cc4)s3)s2)cc1. The van der Waals surface area contributed by atoms with Crippen LogP contribution in [0.3, 0.4) is 0 Å². The number of hydrogen-bond donors (Lipinski definition) is 0. The van der Waals surface area contributed by atoms with E-state index in [-0.39, 0.29) is 25.2 Å². The summed E-state index contributed by atoms with van der Waals surface area (Å²) in [5.41, 5.74) is 4.92. The van der Waals surface area contributed by atoms with Gasteiger partial charge in [0, 0.05) is 30.7 Å². The van der Waals surface area contributed by atoms with Crippen molar-refractivity contribution in [3.63, 3.8) is 0 Å². The Bertz CT molecular complexity index is 1300. The van der Waals surface area contributed by atoms with Gasteiger partial charge in [-0.25, -0.2) is 9.59 Å². The van der Waals surface area contributed by atoms with Gasteiger partial charge in [0.05, 0.1) is 0 Å². The number of benzene rings is 2. The maximum absolute atomic E-state index is 11.6. The first-order valence-electron chi connectivity index (χ1n) is 11.3. The summed E-state index contributed by atoms with van der Waals surface area (Å²) in [6.45, 7) is 10.9. The number of hydrogen-bond acceptors (Lipinski definition) is 6. The molecule has 0 spiro atoms. The summed E-state index contributed by atoms with van der Waals surface area (Å²) >= 11 is 3.50. The fourth-order valence-electron chi connectivity index (χ4n) is 3.33. The third kappa shape index (κ3) is 6.27. The molecule has 4 nitrogen and oxygen atoms in total. The summed E-state index contributed by atoms with van der Waals surface area (Å²) in [6.07, 6.45) is 0. The average Bonchev–Trinajstić information content (AvgIpc) is 3.56. The molecule has 0 aliphatic heterocycles. The Balaban J connectivity index is 1.40. The van der Waals surface area contributed by atoms with Crippen LogP contribution in [0.1, 0.15) is 25.0 Å². The largest absolute Gasteiger partial charge is 0.457 e. The maximum atomic E-state index is 11.6. The molecule has 0 atom stereocenters. The summed E-state index contributed by atoms with van der Waals surface area (Å²) in [5.74, 6) is -0.755. The fourth-order valence-corrected chi connectivity index (χ4v) is 5.44. The van der Waals surface area contributed by atoms with Crippen LogP contribution in [0.15, 0.2) is 97.1 Å². The van der Waals surface area contributed by atoms with Gasteiger partial charge in [-0.1, -0.05) is 61.7 Å². The third-order valence-electron chi connectivity index (χ3n) is 5.37. The van der Waals surface area contributed by atoms with Crippen molar-refractivity contribution >= 4 is 34.6 Å². The molecule has 0 N–H and O–H groups in total. The number of esters is 2. The van der Waals surface area contributed by atoms with Gasteiger partial charge in [-0.15, -0.1) is 22.7 Å². The molecule has 0 fully saturated rings. The van der Waals surface area contributed by atoms with Gasteiger partial charge >= 0.3 is 11.9 Å². The topological polar surface area (TPSA) is 52.6 Å². The lowest BCUT2D eigenvalue weighted by molar-refractivity contribution is -0.141. The van der Waals surface area contributed by atoms with Crippen LogP contribution in [0.4, 0.5) is 0 Å². The van der Waals surface area contributed by atoms with E-state index in [2.05, 4.69) is 61.7 Å². The normalized spacial score (nSPS) is 10.6. The first-order valence-corrected chi connectivity index (χ1v) is 13.0. The molecule has 0 bridgehead atoms. The Morgan fingerprint density at radius 3 is 1.25 bits per heavy atom. The lowest BCUT2D eigenvalue weighted by atomic mass is 10.1. The third-order valence-corrected chi connectivity index (χ3v) is 7.83. The van der Waals surface area contributed by atoms with E-state index in [1.807, 2.05) is 24.3 Å². The zero-order chi connectivity index (χ0) is 25.7. The van der Waals surface area contributed by atoms with Gasteiger partial charge in [0.25, 0.3) is 0 Å². The van der Waals surface area contributed by atoms with E-state index in [9.17, 15) is 9.59 Å². The number of ether oxygens (including phenoxy) is 2. The highest BCUT2D eigenvalue weighted by Gasteiger charge is 2.10. The smallest absolute Gasteiger partial charge is 0.333 e. The summed E-state index contributed by atoms with van der Waals surface area (Å²) in [6, 6.07) is 24.7. The van der Waals surface area contributed by atoms with Crippen LogP contribution in [-0.4, -0.2) is 11.9 Å². The van der Waals surface area contributed by atoms with E-state index in [4.69, 9.17) is 9.47 Å². The van der Waals surface area contributed by atoms with Crippen LogP contribution in [-0.2, 0) is 32.3 Å². The average molecular weight is 515 g/mol. The van der Waals surface area contributed by atoms with Crippen LogP contribution in [0.5, 0.6) is 0 Å². The van der Waals surface area contributed by atoms with Crippen molar-refractivity contribution in [1.82, 2.24) is 0 Å². The molecule has 4 rings (SSSR count). The number of carbonyl (C=O) groups is 2. The lowest BCUT2D eigenvalue weighted by Crippen LogP contribution is -2.04. The molecular weight excluding hydrogens is 488 g/mol. The second-order valence-electron chi connectivity index (χ2n) is 8.43. The maximum Gasteiger partial charge on any atom is 0.333 e. The molecule has 0 saturated heterocycles. The minimum absolute atomic E-state index is 0.236. The van der Waals surface area contributed by atoms with Crippen molar-refractivity contribution in [2.75, 3.05) is 0 Å². The van der Waals surface area contributed by atoms with E-state index in [0.717, 1.165) is 22.3 Å². The van der Waals surface area contributed by atoms with E-state index >= 15 is 0 Å². The van der Waals surface area contributed by atoms with Crippen molar-refractivity contribution in [3.8, 4) is 30.6 Å². The number of rotatable bonds is 9. The zero-order valence-corrected chi connectivity index (χ0v) is 21.8. The van der Waals surface area contributed by atoms with Crippen molar-refractivity contribution < 1.29 is 19.1 Å². The Kier molecular flexibility index (Phi) is 7.98. The minimum Gasteiger partial charge on any atom is -0.457 e. The van der Waals surface area contributed by atoms with Gasteiger partial charge in [-0.05, 0) is 60.4 Å². The van der Waals surface area contributed by atoms with E-state index in [1.54, 1.807) is 36.5 Å². The summed E-state index contributed by atoms with van der Waals surface area (Å²) in [4.78, 5) is 27.9. The molecule has 2 aromatic carbocycles. The molecule has 0 aliphatic carbocycles. The van der Waals surface area contributed by atoms with Crippen LogP contribution >= 0.6 is 22.7 Å². The lowest BCUT2D eigenvalue weighted by Gasteiger charge is -2.05. The highest BCUT2D eigenvalue weighted by atomic mass is 32.1. The van der Waals surface area contributed by atoms with Gasteiger partial charge in [-0.3, -0.25) is 0 Å². The first kappa shape index (κ1) is 25.4. The monoisotopic (exact) mass is 514 g/mol. The Labute approximate surface area is 219 Å². The zero-order valence-electron chi connectivity index (χ0n) is 20.2. The summed E-state index contributed by atoms with van der Waals surface area (Å²) in [7, 11) is 0. The van der Waals surface area contributed by atoms with Gasteiger partial charge in [0.15, 0.2) is 0 Å². The van der Waals surface area contributed by atoms with Crippen molar-refractivity contribution in [1.29, 1.82) is 0 Å². The summed E-state index contributed by atoms with van der Waals surface area (Å²) < 4.78 is 10.4. The Morgan fingerprint density at radius 2 is 0.917 bits per heavy atom. The standard InChI is InChI=1S/C30H26O4S2/c1-19(2)29(31)33-17-21-5-9-23(10-6-21)25-13-15-27(35-25)28-16-14-26(36-28)24-11-7-22(8-12-24)18-34-30(32)20(3)4/h5-16H,1,3,17-18H2,2,4H3. The quantitative estimate of drug-likeness (QED) is 0.167. The highest BCUT2D eigenvalue weighted by Crippen LogP contribution is 2.40.